The second kappa shape index (κ2) is 3.81. The van der Waals surface area contributed by atoms with Crippen LogP contribution in [-0.4, -0.2) is 5.16 Å². The summed E-state index contributed by atoms with van der Waals surface area (Å²) in [4.78, 5) is 0. The number of benzene rings is 2. The first-order valence-electron chi connectivity index (χ1n) is 5.31. The topological polar surface area (TPSA) is 26.0 Å². The van der Waals surface area contributed by atoms with Gasteiger partial charge in [-0.2, -0.15) is 0 Å². The predicted molar refractivity (Wildman–Crippen MR) is 63.3 cm³/mol. The molecule has 0 amide bonds. The number of rotatable bonds is 2. The van der Waals surface area contributed by atoms with Crippen molar-refractivity contribution in [3.8, 4) is 0 Å². The Morgan fingerprint density at radius 1 is 0.875 bits per heavy atom. The highest BCUT2D eigenvalue weighted by atomic mass is 16.5. The molecule has 0 N–H and O–H groups in total. The zero-order valence-electron chi connectivity index (χ0n) is 8.76. The summed E-state index contributed by atoms with van der Waals surface area (Å²) >= 11 is 0. The minimum absolute atomic E-state index is 0.793. The first kappa shape index (κ1) is 9.16. The van der Waals surface area contributed by atoms with Crippen LogP contribution in [0.5, 0.6) is 0 Å². The standard InChI is InChI=1S/C14H11NO/c1-2-6-11(7-3-1)10-14-12-8-4-5-9-13(12)15-16-14/h1-9H,10H2. The third-order valence-electron chi connectivity index (χ3n) is 2.67. The summed E-state index contributed by atoms with van der Waals surface area (Å²) in [5.74, 6) is 0.932. The van der Waals surface area contributed by atoms with E-state index in [1.165, 1.54) is 5.56 Å². The van der Waals surface area contributed by atoms with Gasteiger partial charge in [0.15, 0.2) is 0 Å². The van der Waals surface area contributed by atoms with E-state index in [4.69, 9.17) is 4.52 Å². The van der Waals surface area contributed by atoms with Gasteiger partial charge in [-0.1, -0.05) is 47.6 Å². The molecule has 0 spiro atoms. The molecule has 0 aliphatic heterocycles. The molecule has 0 unspecified atom stereocenters. The van der Waals surface area contributed by atoms with Crippen LogP contribution in [0.3, 0.4) is 0 Å². The second-order valence-electron chi connectivity index (χ2n) is 3.79. The van der Waals surface area contributed by atoms with Crippen molar-refractivity contribution in [3.63, 3.8) is 0 Å². The van der Waals surface area contributed by atoms with Gasteiger partial charge in [0.25, 0.3) is 0 Å². The van der Waals surface area contributed by atoms with E-state index in [1.54, 1.807) is 0 Å². The number of hydrogen-bond donors (Lipinski definition) is 0. The molecule has 78 valence electrons. The van der Waals surface area contributed by atoms with Gasteiger partial charge in [-0.15, -0.1) is 0 Å². The average molecular weight is 209 g/mol. The molecule has 3 aromatic rings. The number of aromatic nitrogens is 1. The van der Waals surface area contributed by atoms with Crippen LogP contribution in [0.25, 0.3) is 10.9 Å². The molecule has 2 nitrogen and oxygen atoms in total. The fourth-order valence-corrected chi connectivity index (χ4v) is 1.85. The maximum absolute atomic E-state index is 5.37. The van der Waals surface area contributed by atoms with E-state index in [2.05, 4.69) is 17.3 Å². The molecule has 0 saturated carbocycles. The number of hydrogen-bond acceptors (Lipinski definition) is 2. The van der Waals surface area contributed by atoms with Crippen LogP contribution < -0.4 is 0 Å². The summed E-state index contributed by atoms with van der Waals surface area (Å²) in [6.45, 7) is 0. The molecule has 0 aliphatic rings. The van der Waals surface area contributed by atoms with Crippen LogP contribution in [-0.2, 0) is 6.42 Å². The molecular formula is C14H11NO. The van der Waals surface area contributed by atoms with Crippen LogP contribution in [0.1, 0.15) is 11.3 Å². The fraction of sp³-hybridized carbons (Fsp3) is 0.0714. The molecule has 0 fully saturated rings. The summed E-state index contributed by atoms with van der Waals surface area (Å²) in [7, 11) is 0. The fourth-order valence-electron chi connectivity index (χ4n) is 1.85. The van der Waals surface area contributed by atoms with E-state index in [9.17, 15) is 0 Å². The first-order chi connectivity index (χ1) is 7.93. The Hall–Kier alpha value is -2.09. The quantitative estimate of drug-likeness (QED) is 0.646. The second-order valence-corrected chi connectivity index (χ2v) is 3.79. The minimum Gasteiger partial charge on any atom is -0.360 e. The van der Waals surface area contributed by atoms with Crippen molar-refractivity contribution < 1.29 is 4.52 Å². The molecule has 0 radical (unpaired) electrons. The minimum atomic E-state index is 0.793. The van der Waals surface area contributed by atoms with Gasteiger partial charge >= 0.3 is 0 Å². The Bertz CT molecular complexity index is 598. The van der Waals surface area contributed by atoms with Gasteiger partial charge in [0.1, 0.15) is 11.3 Å². The van der Waals surface area contributed by atoms with E-state index in [0.29, 0.717) is 0 Å². The number of fused-ring (bicyclic) bond motifs is 1. The van der Waals surface area contributed by atoms with E-state index < -0.39 is 0 Å². The van der Waals surface area contributed by atoms with Gasteiger partial charge in [-0.25, -0.2) is 0 Å². The molecule has 0 bridgehead atoms. The Kier molecular flexibility index (Phi) is 2.18. The van der Waals surface area contributed by atoms with Crippen LogP contribution in [0.15, 0.2) is 59.1 Å². The lowest BCUT2D eigenvalue weighted by atomic mass is 10.1. The van der Waals surface area contributed by atoms with Crippen molar-refractivity contribution in [1.82, 2.24) is 5.16 Å². The lowest BCUT2D eigenvalue weighted by molar-refractivity contribution is 0.397. The van der Waals surface area contributed by atoms with Crippen molar-refractivity contribution in [1.29, 1.82) is 0 Å². The molecule has 0 aliphatic carbocycles. The van der Waals surface area contributed by atoms with Crippen molar-refractivity contribution in [2.24, 2.45) is 0 Å². The summed E-state index contributed by atoms with van der Waals surface area (Å²) in [5.41, 5.74) is 2.16. The predicted octanol–water partition coefficient (Wildman–Crippen LogP) is 3.42. The third-order valence-corrected chi connectivity index (χ3v) is 2.67. The Balaban J connectivity index is 2.01. The van der Waals surface area contributed by atoms with Gasteiger partial charge in [-0.05, 0) is 17.7 Å². The first-order valence-corrected chi connectivity index (χ1v) is 5.31. The van der Waals surface area contributed by atoms with Crippen molar-refractivity contribution in [2.45, 2.75) is 6.42 Å². The maximum Gasteiger partial charge on any atom is 0.148 e. The molecule has 1 heterocycles. The lowest BCUT2D eigenvalue weighted by Crippen LogP contribution is -1.85. The zero-order valence-corrected chi connectivity index (χ0v) is 8.76. The Morgan fingerprint density at radius 2 is 1.62 bits per heavy atom. The zero-order chi connectivity index (χ0) is 10.8. The summed E-state index contributed by atoms with van der Waals surface area (Å²) in [6.07, 6.45) is 0.793. The molecule has 0 saturated heterocycles. The SMILES string of the molecule is c1ccc(Cc2onc3ccccc23)cc1. The molecule has 2 heteroatoms. The van der Waals surface area contributed by atoms with E-state index in [-0.39, 0.29) is 0 Å². The van der Waals surface area contributed by atoms with Crippen molar-refractivity contribution >= 4 is 10.9 Å². The van der Waals surface area contributed by atoms with Gasteiger partial charge in [0.2, 0.25) is 0 Å². The van der Waals surface area contributed by atoms with Gasteiger partial charge < -0.3 is 4.52 Å². The monoisotopic (exact) mass is 209 g/mol. The molecule has 3 rings (SSSR count). The van der Waals surface area contributed by atoms with E-state index in [0.717, 1.165) is 23.1 Å². The molecular weight excluding hydrogens is 198 g/mol. The average Bonchev–Trinajstić information content (AvgIpc) is 2.74. The molecule has 0 atom stereocenters. The van der Waals surface area contributed by atoms with Crippen LogP contribution in [0.4, 0.5) is 0 Å². The number of nitrogens with zero attached hydrogens (tertiary/aromatic N) is 1. The highest BCUT2D eigenvalue weighted by Crippen LogP contribution is 2.20. The molecule has 16 heavy (non-hydrogen) atoms. The van der Waals surface area contributed by atoms with Crippen molar-refractivity contribution in [3.05, 3.63) is 65.9 Å². The molecule has 1 aromatic heterocycles. The Labute approximate surface area is 93.5 Å². The van der Waals surface area contributed by atoms with Gasteiger partial charge in [0, 0.05) is 11.8 Å². The summed E-state index contributed by atoms with van der Waals surface area (Å²) < 4.78 is 5.37. The third kappa shape index (κ3) is 1.58. The van der Waals surface area contributed by atoms with Crippen molar-refractivity contribution in [2.75, 3.05) is 0 Å². The molecule has 2 aromatic carbocycles. The Morgan fingerprint density at radius 3 is 2.50 bits per heavy atom. The normalized spacial score (nSPS) is 10.8. The highest BCUT2D eigenvalue weighted by Gasteiger charge is 2.07. The van der Waals surface area contributed by atoms with Crippen LogP contribution in [0, 0.1) is 0 Å². The maximum atomic E-state index is 5.37. The summed E-state index contributed by atoms with van der Waals surface area (Å²) in [6, 6.07) is 18.3. The van der Waals surface area contributed by atoms with E-state index >= 15 is 0 Å². The van der Waals surface area contributed by atoms with Gasteiger partial charge in [0.05, 0.1) is 0 Å². The van der Waals surface area contributed by atoms with Crippen LogP contribution >= 0.6 is 0 Å². The largest absolute Gasteiger partial charge is 0.360 e. The van der Waals surface area contributed by atoms with Gasteiger partial charge in [-0.3, -0.25) is 0 Å². The smallest absolute Gasteiger partial charge is 0.148 e. The summed E-state index contributed by atoms with van der Waals surface area (Å²) in [5, 5.41) is 5.14. The van der Waals surface area contributed by atoms with Crippen LogP contribution in [0.2, 0.25) is 0 Å². The lowest BCUT2D eigenvalue weighted by Gasteiger charge is -1.96. The highest BCUT2D eigenvalue weighted by molar-refractivity contribution is 5.80. The van der Waals surface area contributed by atoms with E-state index in [1.807, 2.05) is 42.5 Å².